The third kappa shape index (κ3) is 2.21. The Morgan fingerprint density at radius 1 is 1.33 bits per heavy atom. The molecule has 3 nitrogen and oxygen atoms in total. The molecule has 1 fully saturated rings. The predicted octanol–water partition coefficient (Wildman–Crippen LogP) is 1.05. The van der Waals surface area contributed by atoms with Gasteiger partial charge < -0.3 is 5.73 Å². The normalized spacial score (nSPS) is 24.2. The van der Waals surface area contributed by atoms with E-state index in [0.717, 1.165) is 17.5 Å². The molecular weight excluding hydrogens is 210 g/mol. The van der Waals surface area contributed by atoms with Gasteiger partial charge in [-0.1, -0.05) is 24.3 Å². The van der Waals surface area contributed by atoms with E-state index in [1.807, 2.05) is 24.3 Å². The number of benzene rings is 1. The van der Waals surface area contributed by atoms with Crippen molar-refractivity contribution in [3.63, 3.8) is 0 Å². The van der Waals surface area contributed by atoms with Crippen LogP contribution in [0.5, 0.6) is 0 Å². The highest BCUT2D eigenvalue weighted by Gasteiger charge is 2.29. The summed E-state index contributed by atoms with van der Waals surface area (Å²) in [6, 6.07) is 7.85. The molecule has 1 aromatic carbocycles. The van der Waals surface area contributed by atoms with E-state index in [9.17, 15) is 8.42 Å². The van der Waals surface area contributed by atoms with Crippen LogP contribution in [0.15, 0.2) is 24.3 Å². The number of rotatable bonds is 2. The van der Waals surface area contributed by atoms with Crippen molar-refractivity contribution in [1.29, 1.82) is 0 Å². The summed E-state index contributed by atoms with van der Waals surface area (Å²) < 4.78 is 22.8. The second-order valence-electron chi connectivity index (χ2n) is 4.00. The Kier molecular flexibility index (Phi) is 2.80. The highest BCUT2D eigenvalue weighted by molar-refractivity contribution is 7.91. The van der Waals surface area contributed by atoms with Gasteiger partial charge in [0.1, 0.15) is 0 Å². The van der Waals surface area contributed by atoms with Gasteiger partial charge in [-0.15, -0.1) is 0 Å². The molecule has 1 heterocycles. The van der Waals surface area contributed by atoms with Crippen LogP contribution in [-0.2, 0) is 16.4 Å². The zero-order chi connectivity index (χ0) is 10.9. The van der Waals surface area contributed by atoms with Crippen molar-refractivity contribution in [1.82, 2.24) is 0 Å². The van der Waals surface area contributed by atoms with Gasteiger partial charge in [-0.3, -0.25) is 0 Å². The van der Waals surface area contributed by atoms with E-state index >= 15 is 0 Å². The lowest BCUT2D eigenvalue weighted by molar-refractivity contribution is 0.601. The molecule has 2 rings (SSSR count). The molecule has 1 unspecified atom stereocenters. The Morgan fingerprint density at radius 3 is 2.67 bits per heavy atom. The molecule has 1 aliphatic rings. The maximum absolute atomic E-state index is 11.4. The first-order valence-electron chi connectivity index (χ1n) is 5.11. The Balaban J connectivity index is 2.31. The van der Waals surface area contributed by atoms with Gasteiger partial charge in [0.15, 0.2) is 9.84 Å². The molecule has 0 bridgehead atoms. The molecule has 1 aromatic rings. The van der Waals surface area contributed by atoms with Crippen molar-refractivity contribution in [2.75, 3.05) is 11.5 Å². The molecular formula is C11H15NO2S. The number of sulfone groups is 1. The van der Waals surface area contributed by atoms with Gasteiger partial charge in [0.2, 0.25) is 0 Å². The van der Waals surface area contributed by atoms with Crippen molar-refractivity contribution in [2.45, 2.75) is 18.9 Å². The van der Waals surface area contributed by atoms with Gasteiger partial charge in [0.25, 0.3) is 0 Å². The predicted molar refractivity (Wildman–Crippen MR) is 60.3 cm³/mol. The monoisotopic (exact) mass is 225 g/mol. The maximum atomic E-state index is 11.4. The van der Waals surface area contributed by atoms with Gasteiger partial charge in [0, 0.05) is 6.54 Å². The maximum Gasteiger partial charge on any atom is 0.150 e. The van der Waals surface area contributed by atoms with E-state index in [1.165, 1.54) is 0 Å². The molecule has 0 saturated carbocycles. The van der Waals surface area contributed by atoms with Crippen molar-refractivity contribution < 1.29 is 8.42 Å². The molecule has 1 saturated heterocycles. The van der Waals surface area contributed by atoms with Crippen molar-refractivity contribution in [3.8, 4) is 0 Å². The van der Waals surface area contributed by atoms with Crippen LogP contribution in [0.4, 0.5) is 0 Å². The second kappa shape index (κ2) is 3.94. The molecule has 0 spiro atoms. The van der Waals surface area contributed by atoms with Crippen molar-refractivity contribution >= 4 is 9.84 Å². The topological polar surface area (TPSA) is 60.2 Å². The molecule has 1 atom stereocenters. The largest absolute Gasteiger partial charge is 0.326 e. The molecule has 82 valence electrons. The van der Waals surface area contributed by atoms with Crippen LogP contribution in [0.25, 0.3) is 0 Å². The first kappa shape index (κ1) is 10.6. The fraction of sp³-hybridized carbons (Fsp3) is 0.455. The molecule has 0 amide bonds. The van der Waals surface area contributed by atoms with E-state index in [-0.39, 0.29) is 11.7 Å². The molecule has 0 aromatic heterocycles. The Morgan fingerprint density at radius 2 is 2.07 bits per heavy atom. The average Bonchev–Trinajstić information content (AvgIpc) is 2.59. The van der Waals surface area contributed by atoms with E-state index in [4.69, 9.17) is 5.73 Å². The van der Waals surface area contributed by atoms with E-state index in [0.29, 0.717) is 12.3 Å². The van der Waals surface area contributed by atoms with Crippen LogP contribution in [0, 0.1) is 0 Å². The third-order valence-electron chi connectivity index (χ3n) is 2.95. The summed E-state index contributed by atoms with van der Waals surface area (Å²) in [4.78, 5) is 0. The van der Waals surface area contributed by atoms with Crippen molar-refractivity contribution in [2.24, 2.45) is 5.73 Å². The summed E-state index contributed by atoms with van der Waals surface area (Å²) in [5.41, 5.74) is 7.82. The lowest BCUT2D eigenvalue weighted by Crippen LogP contribution is -2.08. The van der Waals surface area contributed by atoms with Gasteiger partial charge in [-0.25, -0.2) is 8.42 Å². The van der Waals surface area contributed by atoms with Crippen LogP contribution < -0.4 is 5.73 Å². The smallest absolute Gasteiger partial charge is 0.150 e. The highest BCUT2D eigenvalue weighted by Crippen LogP contribution is 2.30. The molecule has 2 N–H and O–H groups in total. The molecule has 4 heteroatoms. The lowest BCUT2D eigenvalue weighted by Gasteiger charge is -2.12. The minimum atomic E-state index is -2.81. The number of hydrogen-bond acceptors (Lipinski definition) is 3. The van der Waals surface area contributed by atoms with Crippen LogP contribution in [0.1, 0.15) is 23.5 Å². The molecule has 0 aliphatic carbocycles. The number of nitrogens with two attached hydrogens (primary N) is 1. The van der Waals surface area contributed by atoms with Gasteiger partial charge >= 0.3 is 0 Å². The standard InChI is InChI=1S/C11H15NO2S/c12-7-9-3-1-2-4-11(9)10-5-6-15(13,14)8-10/h1-4,10H,5-8,12H2. The zero-order valence-electron chi connectivity index (χ0n) is 8.52. The quantitative estimate of drug-likeness (QED) is 0.818. The second-order valence-corrected chi connectivity index (χ2v) is 6.23. The first-order chi connectivity index (χ1) is 7.12. The fourth-order valence-corrected chi connectivity index (χ4v) is 3.93. The van der Waals surface area contributed by atoms with Gasteiger partial charge in [-0.2, -0.15) is 0 Å². The van der Waals surface area contributed by atoms with Crippen molar-refractivity contribution in [3.05, 3.63) is 35.4 Å². The van der Waals surface area contributed by atoms with Crippen LogP contribution >= 0.6 is 0 Å². The van der Waals surface area contributed by atoms with E-state index in [1.54, 1.807) is 0 Å². The Bertz CT molecular complexity index is 453. The first-order valence-corrected chi connectivity index (χ1v) is 6.93. The van der Waals surface area contributed by atoms with Gasteiger partial charge in [0.05, 0.1) is 11.5 Å². The molecule has 15 heavy (non-hydrogen) atoms. The van der Waals surface area contributed by atoms with Gasteiger partial charge in [-0.05, 0) is 23.5 Å². The molecule has 1 aliphatic heterocycles. The average molecular weight is 225 g/mol. The SMILES string of the molecule is NCc1ccccc1C1CCS(=O)(=O)C1. The van der Waals surface area contributed by atoms with Crippen LogP contribution in [0.3, 0.4) is 0 Å². The third-order valence-corrected chi connectivity index (χ3v) is 4.72. The van der Waals surface area contributed by atoms with Crippen LogP contribution in [0.2, 0.25) is 0 Å². The minimum Gasteiger partial charge on any atom is -0.326 e. The summed E-state index contributed by atoms with van der Waals surface area (Å²) in [5, 5.41) is 0. The van der Waals surface area contributed by atoms with E-state index in [2.05, 4.69) is 0 Å². The highest BCUT2D eigenvalue weighted by atomic mass is 32.2. The van der Waals surface area contributed by atoms with E-state index < -0.39 is 9.84 Å². The number of hydrogen-bond donors (Lipinski definition) is 1. The summed E-state index contributed by atoms with van der Waals surface area (Å²) in [6.45, 7) is 0.479. The lowest BCUT2D eigenvalue weighted by atomic mass is 9.94. The van der Waals surface area contributed by atoms with Crippen LogP contribution in [-0.4, -0.2) is 19.9 Å². The summed E-state index contributed by atoms with van der Waals surface area (Å²) in [5.74, 6) is 0.746. The Hall–Kier alpha value is -0.870. The Labute approximate surface area is 90.2 Å². The summed E-state index contributed by atoms with van der Waals surface area (Å²) in [6.07, 6.45) is 0.735. The summed E-state index contributed by atoms with van der Waals surface area (Å²) >= 11 is 0. The summed E-state index contributed by atoms with van der Waals surface area (Å²) in [7, 11) is -2.81. The molecule has 0 radical (unpaired) electrons. The minimum absolute atomic E-state index is 0.148. The fourth-order valence-electron chi connectivity index (χ4n) is 2.16. The zero-order valence-corrected chi connectivity index (χ0v) is 9.33.